The zero-order valence-electron chi connectivity index (χ0n) is 10.4. The number of carbonyl (C=O) groups is 1. The lowest BCUT2D eigenvalue weighted by Gasteiger charge is -2.01. The minimum atomic E-state index is -0.242. The van der Waals surface area contributed by atoms with Crippen LogP contribution in [0.2, 0.25) is 0 Å². The number of amides is 2. The fourth-order valence-corrected chi connectivity index (χ4v) is 1.89. The number of nitrogens with one attached hydrogen (secondary N) is 3. The van der Waals surface area contributed by atoms with Crippen molar-refractivity contribution in [2.45, 2.75) is 19.9 Å². The smallest absolute Gasteiger partial charge is 0.314 e. The van der Waals surface area contributed by atoms with Crippen LogP contribution in [0.1, 0.15) is 18.2 Å². The van der Waals surface area contributed by atoms with E-state index in [1.54, 1.807) is 7.05 Å². The standard InChI is InChI=1S/C13H16FN3O/c1-3-8-6-12-9(5-11(8)14)4-10(17-12)7-16-13(18)15-2/h4-6,17H,3,7H2,1-2H3,(H2,15,16,18). The Morgan fingerprint density at radius 3 is 2.83 bits per heavy atom. The van der Waals surface area contributed by atoms with E-state index in [9.17, 15) is 9.18 Å². The van der Waals surface area contributed by atoms with Crippen LogP contribution in [0.3, 0.4) is 0 Å². The summed E-state index contributed by atoms with van der Waals surface area (Å²) in [7, 11) is 1.56. The first-order valence-corrected chi connectivity index (χ1v) is 5.89. The van der Waals surface area contributed by atoms with Gasteiger partial charge >= 0.3 is 6.03 Å². The molecule has 0 aliphatic carbocycles. The van der Waals surface area contributed by atoms with E-state index in [4.69, 9.17) is 0 Å². The van der Waals surface area contributed by atoms with Gasteiger partial charge in [0.15, 0.2) is 0 Å². The van der Waals surface area contributed by atoms with Crippen LogP contribution in [-0.2, 0) is 13.0 Å². The number of aromatic nitrogens is 1. The van der Waals surface area contributed by atoms with E-state index in [2.05, 4.69) is 15.6 Å². The van der Waals surface area contributed by atoms with Gasteiger partial charge in [-0.05, 0) is 30.2 Å². The number of fused-ring (bicyclic) bond motifs is 1. The topological polar surface area (TPSA) is 56.9 Å². The number of H-pyrrole nitrogens is 1. The van der Waals surface area contributed by atoms with Gasteiger partial charge in [0.2, 0.25) is 0 Å². The molecule has 2 rings (SSSR count). The highest BCUT2D eigenvalue weighted by Gasteiger charge is 2.07. The minimum Gasteiger partial charge on any atom is -0.357 e. The Balaban J connectivity index is 2.24. The molecule has 1 aromatic carbocycles. The molecular formula is C13H16FN3O. The number of carbonyl (C=O) groups excluding carboxylic acids is 1. The fourth-order valence-electron chi connectivity index (χ4n) is 1.89. The van der Waals surface area contributed by atoms with Crippen molar-refractivity contribution in [2.75, 3.05) is 7.05 Å². The molecule has 3 N–H and O–H groups in total. The summed E-state index contributed by atoms with van der Waals surface area (Å²) < 4.78 is 13.6. The summed E-state index contributed by atoms with van der Waals surface area (Å²) in [6.45, 7) is 2.30. The van der Waals surface area contributed by atoms with Crippen molar-refractivity contribution in [3.05, 3.63) is 35.3 Å². The normalized spacial score (nSPS) is 10.6. The van der Waals surface area contributed by atoms with E-state index in [-0.39, 0.29) is 11.8 Å². The molecule has 0 fully saturated rings. The molecule has 18 heavy (non-hydrogen) atoms. The Bertz CT molecular complexity index is 577. The summed E-state index contributed by atoms with van der Waals surface area (Å²) in [5.74, 6) is -0.185. The van der Waals surface area contributed by atoms with Gasteiger partial charge in [-0.2, -0.15) is 0 Å². The highest BCUT2D eigenvalue weighted by Crippen LogP contribution is 2.20. The van der Waals surface area contributed by atoms with Crippen LogP contribution in [0.4, 0.5) is 9.18 Å². The molecule has 0 aliphatic rings. The maximum atomic E-state index is 13.6. The van der Waals surface area contributed by atoms with Crippen LogP contribution < -0.4 is 10.6 Å². The van der Waals surface area contributed by atoms with E-state index in [0.29, 0.717) is 18.5 Å². The van der Waals surface area contributed by atoms with Crippen molar-refractivity contribution in [1.29, 1.82) is 0 Å². The van der Waals surface area contributed by atoms with Gasteiger partial charge in [0.25, 0.3) is 0 Å². The third-order valence-corrected chi connectivity index (χ3v) is 2.89. The second kappa shape index (κ2) is 5.08. The van der Waals surface area contributed by atoms with Crippen molar-refractivity contribution >= 4 is 16.9 Å². The molecule has 1 heterocycles. The van der Waals surface area contributed by atoms with Crippen LogP contribution in [0.5, 0.6) is 0 Å². The molecule has 0 aliphatic heterocycles. The van der Waals surface area contributed by atoms with Crippen molar-refractivity contribution in [3.63, 3.8) is 0 Å². The molecule has 4 nitrogen and oxygen atoms in total. The fraction of sp³-hybridized carbons (Fsp3) is 0.308. The molecule has 0 bridgehead atoms. The number of benzene rings is 1. The van der Waals surface area contributed by atoms with Gasteiger partial charge in [-0.1, -0.05) is 6.92 Å². The second-order valence-electron chi connectivity index (χ2n) is 4.11. The quantitative estimate of drug-likeness (QED) is 0.768. The largest absolute Gasteiger partial charge is 0.357 e. The number of hydrogen-bond acceptors (Lipinski definition) is 1. The predicted octanol–water partition coefficient (Wildman–Crippen LogP) is 2.30. The Morgan fingerprint density at radius 1 is 1.39 bits per heavy atom. The van der Waals surface area contributed by atoms with Gasteiger partial charge in [0.1, 0.15) is 5.82 Å². The summed E-state index contributed by atoms with van der Waals surface area (Å²) in [5.41, 5.74) is 2.43. The second-order valence-corrected chi connectivity index (χ2v) is 4.11. The summed E-state index contributed by atoms with van der Waals surface area (Å²) in [6.07, 6.45) is 0.659. The molecule has 0 spiro atoms. The van der Waals surface area contributed by atoms with E-state index >= 15 is 0 Å². The Hall–Kier alpha value is -2.04. The molecule has 0 atom stereocenters. The first kappa shape index (κ1) is 12.4. The predicted molar refractivity (Wildman–Crippen MR) is 68.9 cm³/mol. The van der Waals surface area contributed by atoms with Gasteiger partial charge < -0.3 is 15.6 Å². The average Bonchev–Trinajstić information content (AvgIpc) is 2.76. The highest BCUT2D eigenvalue weighted by atomic mass is 19.1. The molecule has 0 radical (unpaired) electrons. The van der Waals surface area contributed by atoms with E-state index in [1.165, 1.54) is 6.07 Å². The van der Waals surface area contributed by atoms with Gasteiger partial charge in [-0.25, -0.2) is 9.18 Å². The number of halogens is 1. The molecule has 1 aromatic heterocycles. The Labute approximate surface area is 105 Å². The van der Waals surface area contributed by atoms with E-state index in [1.807, 2.05) is 19.1 Å². The number of hydrogen-bond donors (Lipinski definition) is 3. The SMILES string of the molecule is CCc1cc2[nH]c(CNC(=O)NC)cc2cc1F. The first-order chi connectivity index (χ1) is 8.63. The van der Waals surface area contributed by atoms with Gasteiger partial charge in [-0.15, -0.1) is 0 Å². The third kappa shape index (κ3) is 2.45. The zero-order chi connectivity index (χ0) is 13.1. The van der Waals surface area contributed by atoms with Crippen LogP contribution in [-0.4, -0.2) is 18.1 Å². The molecule has 0 saturated heterocycles. The van der Waals surface area contributed by atoms with Crippen molar-refractivity contribution in [2.24, 2.45) is 0 Å². The number of rotatable bonds is 3. The van der Waals surface area contributed by atoms with Crippen LogP contribution in [0.25, 0.3) is 10.9 Å². The highest BCUT2D eigenvalue weighted by molar-refractivity contribution is 5.81. The van der Waals surface area contributed by atoms with E-state index in [0.717, 1.165) is 16.6 Å². The van der Waals surface area contributed by atoms with Crippen LogP contribution in [0, 0.1) is 5.82 Å². The van der Waals surface area contributed by atoms with Crippen molar-refractivity contribution in [1.82, 2.24) is 15.6 Å². The van der Waals surface area contributed by atoms with E-state index < -0.39 is 0 Å². The van der Waals surface area contributed by atoms with Gasteiger partial charge in [0, 0.05) is 23.6 Å². The first-order valence-electron chi connectivity index (χ1n) is 5.89. The van der Waals surface area contributed by atoms with Crippen molar-refractivity contribution < 1.29 is 9.18 Å². The molecule has 2 amide bonds. The maximum absolute atomic E-state index is 13.6. The molecular weight excluding hydrogens is 233 g/mol. The molecule has 2 aromatic rings. The number of aromatic amines is 1. The maximum Gasteiger partial charge on any atom is 0.314 e. The molecule has 5 heteroatoms. The zero-order valence-corrected chi connectivity index (χ0v) is 10.4. The lowest BCUT2D eigenvalue weighted by atomic mass is 10.1. The summed E-state index contributed by atoms with van der Waals surface area (Å²) in [4.78, 5) is 14.2. The third-order valence-electron chi connectivity index (χ3n) is 2.89. The Kier molecular flexibility index (Phi) is 3.50. The lowest BCUT2D eigenvalue weighted by molar-refractivity contribution is 0.242. The monoisotopic (exact) mass is 249 g/mol. The molecule has 0 unspecified atom stereocenters. The van der Waals surface area contributed by atoms with Gasteiger partial charge in [0.05, 0.1) is 6.54 Å². The molecule has 96 valence electrons. The summed E-state index contributed by atoms with van der Waals surface area (Å²) in [5, 5.41) is 5.97. The summed E-state index contributed by atoms with van der Waals surface area (Å²) >= 11 is 0. The average molecular weight is 249 g/mol. The van der Waals surface area contributed by atoms with Crippen molar-refractivity contribution in [3.8, 4) is 0 Å². The lowest BCUT2D eigenvalue weighted by Crippen LogP contribution is -2.32. The molecule has 0 saturated carbocycles. The minimum absolute atomic E-state index is 0.185. The summed E-state index contributed by atoms with van der Waals surface area (Å²) in [6, 6.07) is 4.93. The number of urea groups is 1. The van der Waals surface area contributed by atoms with Crippen LogP contribution >= 0.6 is 0 Å². The van der Waals surface area contributed by atoms with Gasteiger partial charge in [-0.3, -0.25) is 0 Å². The van der Waals surface area contributed by atoms with Crippen LogP contribution in [0.15, 0.2) is 18.2 Å². The Morgan fingerprint density at radius 2 is 2.17 bits per heavy atom. The number of aryl methyl sites for hydroxylation is 1.